The number of benzene rings is 3. The minimum atomic E-state index is -0.609. The molecule has 0 amide bonds. The zero-order valence-electron chi connectivity index (χ0n) is 16.9. The molecule has 6 heteroatoms. The van der Waals surface area contributed by atoms with Crippen molar-refractivity contribution in [2.45, 2.75) is 32.6 Å². The van der Waals surface area contributed by atoms with E-state index in [1.54, 1.807) is 18.2 Å². The van der Waals surface area contributed by atoms with E-state index in [0.717, 1.165) is 17.5 Å². The molecule has 0 heterocycles. The average molecular weight is 404 g/mol. The molecule has 30 heavy (non-hydrogen) atoms. The third kappa shape index (κ3) is 4.84. The van der Waals surface area contributed by atoms with Crippen molar-refractivity contribution in [1.29, 1.82) is 0 Å². The van der Waals surface area contributed by atoms with Crippen molar-refractivity contribution in [3.05, 3.63) is 93.0 Å². The van der Waals surface area contributed by atoms with E-state index in [1.165, 1.54) is 12.3 Å². The van der Waals surface area contributed by atoms with Gasteiger partial charge in [0.05, 0.1) is 4.92 Å². The Morgan fingerprint density at radius 3 is 2.47 bits per heavy atom. The maximum absolute atomic E-state index is 11.4. The Kier molecular flexibility index (Phi) is 6.47. The number of phenols is 2. The standard InChI is InChI=1S/C24H24N2O4/c1-3-16(2)19-9-10-23(27)21(14-19)25-15-20-12-18(11-17-7-5-4-6-8-17)13-22(24(20)28)26(29)30/h4-10,12-16,27-28H,3,11H2,1-2H3. The van der Waals surface area contributed by atoms with Crippen LogP contribution in [0.15, 0.2) is 65.7 Å². The number of aliphatic imine (C=N–C) groups is 1. The minimum absolute atomic E-state index is 0.00716. The fourth-order valence-corrected chi connectivity index (χ4v) is 3.20. The quantitative estimate of drug-likeness (QED) is 0.293. The zero-order valence-corrected chi connectivity index (χ0v) is 16.9. The van der Waals surface area contributed by atoms with Gasteiger partial charge in [-0.15, -0.1) is 0 Å². The second kappa shape index (κ2) is 9.22. The minimum Gasteiger partial charge on any atom is -0.506 e. The topological polar surface area (TPSA) is 96.0 Å². The smallest absolute Gasteiger partial charge is 0.311 e. The van der Waals surface area contributed by atoms with Crippen molar-refractivity contribution in [3.8, 4) is 11.5 Å². The van der Waals surface area contributed by atoms with Gasteiger partial charge in [0.25, 0.3) is 0 Å². The summed E-state index contributed by atoms with van der Waals surface area (Å²) in [5.74, 6) is -0.130. The summed E-state index contributed by atoms with van der Waals surface area (Å²) in [6.45, 7) is 4.16. The number of nitro benzene ring substituents is 1. The van der Waals surface area contributed by atoms with Crippen LogP contribution in [0.4, 0.5) is 11.4 Å². The van der Waals surface area contributed by atoms with Crippen LogP contribution in [0.2, 0.25) is 0 Å². The van der Waals surface area contributed by atoms with Gasteiger partial charge in [-0.25, -0.2) is 0 Å². The maximum Gasteiger partial charge on any atom is 0.311 e. The lowest BCUT2D eigenvalue weighted by molar-refractivity contribution is -0.385. The summed E-state index contributed by atoms with van der Waals surface area (Å²) in [5, 5.41) is 31.9. The highest BCUT2D eigenvalue weighted by Gasteiger charge is 2.18. The predicted molar refractivity (Wildman–Crippen MR) is 118 cm³/mol. The van der Waals surface area contributed by atoms with Gasteiger partial charge in [0, 0.05) is 17.8 Å². The maximum atomic E-state index is 11.4. The Morgan fingerprint density at radius 1 is 1.07 bits per heavy atom. The van der Waals surface area contributed by atoms with Crippen LogP contribution in [0.1, 0.15) is 48.4 Å². The molecule has 3 aromatic carbocycles. The highest BCUT2D eigenvalue weighted by molar-refractivity contribution is 5.88. The number of hydrogen-bond donors (Lipinski definition) is 2. The summed E-state index contributed by atoms with van der Waals surface area (Å²) in [7, 11) is 0. The van der Waals surface area contributed by atoms with Crippen LogP contribution in [0.3, 0.4) is 0 Å². The molecule has 0 saturated carbocycles. The normalized spacial score (nSPS) is 12.2. The van der Waals surface area contributed by atoms with Gasteiger partial charge in [0.2, 0.25) is 5.75 Å². The third-order valence-electron chi connectivity index (χ3n) is 5.15. The lowest BCUT2D eigenvalue weighted by Gasteiger charge is -2.10. The van der Waals surface area contributed by atoms with Crippen molar-refractivity contribution >= 4 is 17.6 Å². The van der Waals surface area contributed by atoms with Crippen LogP contribution >= 0.6 is 0 Å². The second-order valence-corrected chi connectivity index (χ2v) is 7.29. The summed E-state index contributed by atoms with van der Waals surface area (Å²) in [6, 6.07) is 17.9. The fraction of sp³-hybridized carbons (Fsp3) is 0.208. The van der Waals surface area contributed by atoms with Gasteiger partial charge in [-0.2, -0.15) is 0 Å². The molecule has 1 unspecified atom stereocenters. The molecule has 0 aliphatic heterocycles. The molecule has 0 saturated heterocycles. The van der Waals surface area contributed by atoms with E-state index < -0.39 is 10.7 Å². The van der Waals surface area contributed by atoms with Crippen molar-refractivity contribution < 1.29 is 15.1 Å². The molecule has 3 aromatic rings. The van der Waals surface area contributed by atoms with Crippen LogP contribution in [-0.2, 0) is 6.42 Å². The molecular weight excluding hydrogens is 380 g/mol. The molecule has 154 valence electrons. The average Bonchev–Trinajstić information content (AvgIpc) is 2.74. The number of nitrogens with zero attached hydrogens (tertiary/aromatic N) is 2. The lowest BCUT2D eigenvalue weighted by atomic mass is 9.98. The first-order valence-corrected chi connectivity index (χ1v) is 9.80. The second-order valence-electron chi connectivity index (χ2n) is 7.29. The summed E-state index contributed by atoms with van der Waals surface area (Å²) >= 11 is 0. The Labute approximate surface area is 175 Å². The first kappa shape index (κ1) is 21.0. The van der Waals surface area contributed by atoms with E-state index in [9.17, 15) is 20.3 Å². The van der Waals surface area contributed by atoms with Gasteiger partial charge in [-0.3, -0.25) is 15.1 Å². The third-order valence-corrected chi connectivity index (χ3v) is 5.15. The van der Waals surface area contributed by atoms with Crippen LogP contribution in [-0.4, -0.2) is 21.4 Å². The monoisotopic (exact) mass is 404 g/mol. The van der Waals surface area contributed by atoms with E-state index in [-0.39, 0.29) is 17.0 Å². The highest BCUT2D eigenvalue weighted by atomic mass is 16.6. The molecular formula is C24H24N2O4. The van der Waals surface area contributed by atoms with E-state index in [2.05, 4.69) is 18.8 Å². The van der Waals surface area contributed by atoms with Gasteiger partial charge in [0.15, 0.2) is 0 Å². The van der Waals surface area contributed by atoms with Gasteiger partial charge >= 0.3 is 5.69 Å². The van der Waals surface area contributed by atoms with Crippen molar-refractivity contribution in [3.63, 3.8) is 0 Å². The molecule has 0 aromatic heterocycles. The fourth-order valence-electron chi connectivity index (χ4n) is 3.20. The molecule has 0 aliphatic carbocycles. The largest absolute Gasteiger partial charge is 0.506 e. The Hall–Kier alpha value is -3.67. The number of phenolic OH excluding ortho intramolecular Hbond substituents is 2. The van der Waals surface area contributed by atoms with Gasteiger partial charge in [0.1, 0.15) is 11.4 Å². The molecule has 0 spiro atoms. The number of hydrogen-bond acceptors (Lipinski definition) is 5. The van der Waals surface area contributed by atoms with E-state index in [0.29, 0.717) is 23.6 Å². The number of nitro groups is 1. The molecule has 0 bridgehead atoms. The van der Waals surface area contributed by atoms with Crippen molar-refractivity contribution in [2.75, 3.05) is 0 Å². The molecule has 0 radical (unpaired) electrons. The first-order chi connectivity index (χ1) is 14.4. The van der Waals surface area contributed by atoms with E-state index >= 15 is 0 Å². The Morgan fingerprint density at radius 2 is 1.80 bits per heavy atom. The van der Waals surface area contributed by atoms with Crippen molar-refractivity contribution in [2.24, 2.45) is 4.99 Å². The van der Waals surface area contributed by atoms with E-state index in [4.69, 9.17) is 0 Å². The van der Waals surface area contributed by atoms with Crippen LogP contribution in [0, 0.1) is 10.1 Å². The molecule has 3 rings (SSSR count). The summed E-state index contributed by atoms with van der Waals surface area (Å²) in [4.78, 5) is 15.1. The number of rotatable bonds is 7. The lowest BCUT2D eigenvalue weighted by Crippen LogP contribution is -1.97. The Balaban J connectivity index is 2.00. The summed E-state index contributed by atoms with van der Waals surface area (Å²) in [6.07, 6.45) is 2.78. The summed E-state index contributed by atoms with van der Waals surface area (Å²) < 4.78 is 0. The first-order valence-electron chi connectivity index (χ1n) is 9.80. The van der Waals surface area contributed by atoms with Crippen LogP contribution in [0.25, 0.3) is 0 Å². The van der Waals surface area contributed by atoms with Crippen LogP contribution < -0.4 is 0 Å². The summed E-state index contributed by atoms with van der Waals surface area (Å²) in [5.41, 5.74) is 2.92. The molecule has 0 fully saturated rings. The van der Waals surface area contributed by atoms with Crippen LogP contribution in [0.5, 0.6) is 11.5 Å². The number of aromatic hydroxyl groups is 2. The van der Waals surface area contributed by atoms with Gasteiger partial charge < -0.3 is 10.2 Å². The molecule has 2 N–H and O–H groups in total. The van der Waals surface area contributed by atoms with Gasteiger partial charge in [-0.05, 0) is 53.6 Å². The molecule has 0 aliphatic rings. The van der Waals surface area contributed by atoms with Crippen molar-refractivity contribution in [1.82, 2.24) is 0 Å². The van der Waals surface area contributed by atoms with E-state index in [1.807, 2.05) is 36.4 Å². The van der Waals surface area contributed by atoms with Gasteiger partial charge in [-0.1, -0.05) is 50.2 Å². The molecule has 6 nitrogen and oxygen atoms in total. The molecule has 1 atom stereocenters. The highest BCUT2D eigenvalue weighted by Crippen LogP contribution is 2.34. The zero-order chi connectivity index (χ0) is 21.7. The Bertz CT molecular complexity index is 1080. The SMILES string of the molecule is CCC(C)c1ccc(O)c(N=Cc2cc(Cc3ccccc3)cc([N+](=O)[O-])c2O)c1. The predicted octanol–water partition coefficient (Wildman–Crippen LogP) is 5.86.